The van der Waals surface area contributed by atoms with Crippen LogP contribution in [0.2, 0.25) is 0 Å². The maximum absolute atomic E-state index is 12.4. The quantitative estimate of drug-likeness (QED) is 0.666. The summed E-state index contributed by atoms with van der Waals surface area (Å²) in [6, 6.07) is 10.1. The highest BCUT2D eigenvalue weighted by Gasteiger charge is 2.26. The molecule has 1 heteroatoms. The molecule has 2 aliphatic rings. The van der Waals surface area contributed by atoms with Gasteiger partial charge in [-0.2, -0.15) is 0 Å². The molecule has 0 heterocycles. The minimum absolute atomic E-state index is 0.316. The zero-order chi connectivity index (χ0) is 12.4. The van der Waals surface area contributed by atoms with Gasteiger partial charge in [0.25, 0.3) is 0 Å². The van der Waals surface area contributed by atoms with E-state index in [1.807, 2.05) is 18.2 Å². The second kappa shape index (κ2) is 4.93. The Morgan fingerprint density at radius 3 is 2.33 bits per heavy atom. The molecule has 1 aromatic rings. The molecule has 2 fully saturated rings. The van der Waals surface area contributed by atoms with Crippen LogP contribution in [0, 0.1) is 0 Å². The van der Waals surface area contributed by atoms with Crippen molar-refractivity contribution in [1.82, 2.24) is 0 Å². The third-order valence-corrected chi connectivity index (χ3v) is 3.98. The van der Waals surface area contributed by atoms with E-state index in [0.29, 0.717) is 5.78 Å². The number of hydrogen-bond acceptors (Lipinski definition) is 1. The Morgan fingerprint density at radius 2 is 1.61 bits per heavy atom. The molecule has 0 radical (unpaired) electrons. The van der Waals surface area contributed by atoms with Crippen molar-refractivity contribution in [1.29, 1.82) is 0 Å². The first-order chi connectivity index (χ1) is 8.84. The minimum Gasteiger partial charge on any atom is -0.289 e. The fourth-order valence-corrected chi connectivity index (χ4v) is 3.01. The lowest BCUT2D eigenvalue weighted by atomic mass is 10.0. The molecule has 0 bridgehead atoms. The molecule has 3 rings (SSSR count). The van der Waals surface area contributed by atoms with Crippen LogP contribution in [0.15, 0.2) is 47.1 Å². The monoisotopic (exact) mass is 238 g/mol. The van der Waals surface area contributed by atoms with Crippen molar-refractivity contribution in [3.8, 4) is 0 Å². The highest BCUT2D eigenvalue weighted by atomic mass is 16.1. The lowest BCUT2D eigenvalue weighted by Crippen LogP contribution is -1.98. The Hall–Kier alpha value is -1.63. The number of ketones is 1. The van der Waals surface area contributed by atoms with Crippen LogP contribution < -0.4 is 0 Å². The van der Waals surface area contributed by atoms with E-state index < -0.39 is 0 Å². The minimum atomic E-state index is 0.316. The SMILES string of the molecule is O=C1C(=C2CCCC2)CC/C1=C/c1ccccc1. The fourth-order valence-electron chi connectivity index (χ4n) is 3.01. The van der Waals surface area contributed by atoms with Crippen molar-refractivity contribution in [2.75, 3.05) is 0 Å². The Kier molecular flexibility index (Phi) is 3.14. The molecular weight excluding hydrogens is 220 g/mol. The molecule has 92 valence electrons. The fraction of sp³-hybridized carbons (Fsp3) is 0.353. The number of allylic oxidation sites excluding steroid dienone is 3. The highest BCUT2D eigenvalue weighted by molar-refractivity contribution is 6.13. The van der Waals surface area contributed by atoms with Gasteiger partial charge < -0.3 is 0 Å². The molecule has 1 nitrogen and oxygen atoms in total. The summed E-state index contributed by atoms with van der Waals surface area (Å²) in [5, 5.41) is 0. The summed E-state index contributed by atoms with van der Waals surface area (Å²) in [5.74, 6) is 0.316. The topological polar surface area (TPSA) is 17.1 Å². The average molecular weight is 238 g/mol. The van der Waals surface area contributed by atoms with Crippen molar-refractivity contribution in [3.05, 3.63) is 52.6 Å². The van der Waals surface area contributed by atoms with Crippen LogP contribution in [0.3, 0.4) is 0 Å². The smallest absolute Gasteiger partial charge is 0.184 e. The zero-order valence-corrected chi connectivity index (χ0v) is 10.6. The summed E-state index contributed by atoms with van der Waals surface area (Å²) >= 11 is 0. The molecule has 1 aromatic carbocycles. The molecule has 2 aliphatic carbocycles. The standard InChI is InChI=1S/C17H18O/c18-17-15(12-13-6-2-1-3-7-13)10-11-16(17)14-8-4-5-9-14/h1-3,6-7,12H,4-5,8-11H2/b15-12-. The maximum atomic E-state index is 12.4. The number of rotatable bonds is 1. The van der Waals surface area contributed by atoms with Crippen molar-refractivity contribution < 1.29 is 4.79 Å². The van der Waals surface area contributed by atoms with Crippen molar-refractivity contribution in [2.45, 2.75) is 38.5 Å². The predicted molar refractivity (Wildman–Crippen MR) is 74.2 cm³/mol. The molecule has 0 aromatic heterocycles. The summed E-state index contributed by atoms with van der Waals surface area (Å²) in [6.07, 6.45) is 8.79. The molecule has 18 heavy (non-hydrogen) atoms. The van der Waals surface area contributed by atoms with Gasteiger partial charge in [-0.25, -0.2) is 0 Å². The number of hydrogen-bond donors (Lipinski definition) is 0. The highest BCUT2D eigenvalue weighted by Crippen LogP contribution is 2.36. The lowest BCUT2D eigenvalue weighted by Gasteiger charge is -2.01. The number of benzene rings is 1. The van der Waals surface area contributed by atoms with Crippen LogP contribution in [0.25, 0.3) is 6.08 Å². The van der Waals surface area contributed by atoms with Crippen LogP contribution in [0.5, 0.6) is 0 Å². The molecule has 0 N–H and O–H groups in total. The molecule has 2 saturated carbocycles. The van der Waals surface area contributed by atoms with Gasteiger partial charge in [-0.3, -0.25) is 4.79 Å². The van der Waals surface area contributed by atoms with Gasteiger partial charge in [0.15, 0.2) is 5.78 Å². The predicted octanol–water partition coefficient (Wildman–Crippen LogP) is 4.30. The van der Waals surface area contributed by atoms with Crippen LogP contribution in [0.1, 0.15) is 44.1 Å². The van der Waals surface area contributed by atoms with E-state index in [1.165, 1.54) is 18.4 Å². The van der Waals surface area contributed by atoms with Gasteiger partial charge in [0.1, 0.15) is 0 Å². The van der Waals surface area contributed by atoms with Gasteiger partial charge in [-0.15, -0.1) is 0 Å². The van der Waals surface area contributed by atoms with Crippen molar-refractivity contribution >= 4 is 11.9 Å². The van der Waals surface area contributed by atoms with Crippen LogP contribution in [-0.4, -0.2) is 5.78 Å². The normalized spacial score (nSPS) is 22.2. The molecule has 0 spiro atoms. The first kappa shape index (κ1) is 11.5. The van der Waals surface area contributed by atoms with Gasteiger partial charge in [-0.1, -0.05) is 35.9 Å². The largest absolute Gasteiger partial charge is 0.289 e. The van der Waals surface area contributed by atoms with Gasteiger partial charge in [0.2, 0.25) is 0 Å². The van der Waals surface area contributed by atoms with Gasteiger partial charge in [-0.05, 0) is 55.7 Å². The molecule has 0 atom stereocenters. The van der Waals surface area contributed by atoms with Crippen LogP contribution in [0.4, 0.5) is 0 Å². The Bertz CT molecular complexity index is 512. The summed E-state index contributed by atoms with van der Waals surface area (Å²) in [5.41, 5.74) is 4.71. The first-order valence-corrected chi connectivity index (χ1v) is 6.86. The van der Waals surface area contributed by atoms with Gasteiger partial charge in [0.05, 0.1) is 0 Å². The van der Waals surface area contributed by atoms with Gasteiger partial charge >= 0.3 is 0 Å². The number of Topliss-reactive ketones (excluding diaryl/α,β-unsaturated/α-hetero) is 1. The summed E-state index contributed by atoms with van der Waals surface area (Å²) in [7, 11) is 0. The lowest BCUT2D eigenvalue weighted by molar-refractivity contribution is -0.111. The van der Waals surface area contributed by atoms with E-state index in [1.54, 1.807) is 0 Å². The number of carbonyl (C=O) groups is 1. The van der Waals surface area contributed by atoms with E-state index >= 15 is 0 Å². The van der Waals surface area contributed by atoms with E-state index in [0.717, 1.165) is 42.4 Å². The Balaban J connectivity index is 1.87. The Morgan fingerprint density at radius 1 is 0.889 bits per heavy atom. The van der Waals surface area contributed by atoms with Crippen LogP contribution in [-0.2, 0) is 4.79 Å². The average Bonchev–Trinajstić information content (AvgIpc) is 3.02. The maximum Gasteiger partial charge on any atom is 0.184 e. The zero-order valence-electron chi connectivity index (χ0n) is 10.6. The molecule has 0 saturated heterocycles. The van der Waals surface area contributed by atoms with E-state index in [2.05, 4.69) is 18.2 Å². The second-order valence-electron chi connectivity index (χ2n) is 5.20. The van der Waals surface area contributed by atoms with Gasteiger partial charge in [0, 0.05) is 5.57 Å². The van der Waals surface area contributed by atoms with Crippen molar-refractivity contribution in [2.24, 2.45) is 0 Å². The van der Waals surface area contributed by atoms with E-state index in [-0.39, 0.29) is 0 Å². The Labute approximate surface area is 108 Å². The van der Waals surface area contributed by atoms with Crippen molar-refractivity contribution in [3.63, 3.8) is 0 Å². The summed E-state index contributed by atoms with van der Waals surface area (Å²) in [4.78, 5) is 12.4. The molecular formula is C17H18O. The first-order valence-electron chi connectivity index (χ1n) is 6.86. The third-order valence-electron chi connectivity index (χ3n) is 3.98. The third kappa shape index (κ3) is 2.17. The van der Waals surface area contributed by atoms with E-state index in [9.17, 15) is 4.79 Å². The van der Waals surface area contributed by atoms with Crippen LogP contribution >= 0.6 is 0 Å². The number of carbonyl (C=O) groups excluding carboxylic acids is 1. The summed E-state index contributed by atoms with van der Waals surface area (Å²) < 4.78 is 0. The molecule has 0 amide bonds. The molecule has 0 unspecified atom stereocenters. The summed E-state index contributed by atoms with van der Waals surface area (Å²) in [6.45, 7) is 0. The van der Waals surface area contributed by atoms with E-state index in [4.69, 9.17) is 0 Å². The second-order valence-corrected chi connectivity index (χ2v) is 5.20. The molecule has 0 aliphatic heterocycles.